The quantitative estimate of drug-likeness (QED) is 0.181. The van der Waals surface area contributed by atoms with Crippen molar-refractivity contribution < 1.29 is 28.6 Å². The first-order valence-electron chi connectivity index (χ1n) is 13.5. The molecule has 0 aliphatic heterocycles. The summed E-state index contributed by atoms with van der Waals surface area (Å²) in [6.45, 7) is 4.39. The summed E-state index contributed by atoms with van der Waals surface area (Å²) in [7, 11) is 1.26. The number of methoxy groups -OCH3 is 1. The van der Waals surface area contributed by atoms with Gasteiger partial charge in [0, 0.05) is 24.1 Å². The Hall–Kier alpha value is -3.42. The molecule has 1 N–H and O–H groups in total. The zero-order valence-corrected chi connectivity index (χ0v) is 22.6. The van der Waals surface area contributed by atoms with Gasteiger partial charge in [-0.05, 0) is 68.6 Å². The topological polar surface area (TPSA) is 115 Å². The zero-order valence-electron chi connectivity index (χ0n) is 22.6. The van der Waals surface area contributed by atoms with Crippen molar-refractivity contribution in [1.82, 2.24) is 0 Å². The fourth-order valence-corrected chi connectivity index (χ4v) is 4.72. The molecule has 3 rings (SSSR count). The van der Waals surface area contributed by atoms with Crippen molar-refractivity contribution in [3.8, 4) is 11.5 Å². The van der Waals surface area contributed by atoms with Crippen molar-refractivity contribution in [2.75, 3.05) is 13.7 Å². The Morgan fingerprint density at radius 1 is 1.16 bits per heavy atom. The molecule has 1 aliphatic carbocycles. The predicted molar refractivity (Wildman–Crippen MR) is 146 cm³/mol. The summed E-state index contributed by atoms with van der Waals surface area (Å²) in [4.78, 5) is 40.2. The standard InChI is InChI=1S/C30H39NO7/c1-20(8-6-7-17-31-30(35)36-3)26-18-25(32)27(29(34)38-26)28(33)21(2)11-12-22-13-15-24(16-14-22)37-19-23-9-4-5-10-23/h13-18,20-21,23,32H,4-12,19H2,1-3H3. The minimum absolute atomic E-state index is 0.160. The molecule has 1 aromatic carbocycles. The van der Waals surface area contributed by atoms with Crippen LogP contribution >= 0.6 is 0 Å². The summed E-state index contributed by atoms with van der Waals surface area (Å²) in [5.74, 6) is 0.438. The monoisotopic (exact) mass is 525 g/mol. The minimum Gasteiger partial charge on any atom is -0.507 e. The van der Waals surface area contributed by atoms with Crippen molar-refractivity contribution in [2.45, 2.75) is 77.6 Å². The summed E-state index contributed by atoms with van der Waals surface area (Å²) in [6, 6.07) is 9.29. The van der Waals surface area contributed by atoms with Gasteiger partial charge in [-0.15, -0.1) is 0 Å². The van der Waals surface area contributed by atoms with Gasteiger partial charge < -0.3 is 19.0 Å². The molecular formula is C30H39NO7. The third kappa shape index (κ3) is 8.57. The van der Waals surface area contributed by atoms with Crippen molar-refractivity contribution >= 4 is 18.1 Å². The molecule has 2 atom stereocenters. The number of aromatic hydroxyl groups is 1. The van der Waals surface area contributed by atoms with E-state index < -0.39 is 23.4 Å². The van der Waals surface area contributed by atoms with E-state index in [0.717, 1.165) is 17.9 Å². The zero-order chi connectivity index (χ0) is 27.5. The second-order valence-electron chi connectivity index (χ2n) is 10.2. The minimum atomic E-state index is -0.820. The number of Topliss-reactive ketones (excluding diaryl/α,β-unsaturated/α-hetero) is 1. The number of nitrogens with zero attached hydrogens (tertiary/aromatic N) is 1. The molecule has 8 nitrogen and oxygen atoms in total. The van der Waals surface area contributed by atoms with E-state index in [-0.39, 0.29) is 17.2 Å². The van der Waals surface area contributed by atoms with Gasteiger partial charge in [-0.1, -0.05) is 38.8 Å². The second-order valence-corrected chi connectivity index (χ2v) is 10.2. The summed E-state index contributed by atoms with van der Waals surface area (Å²) >= 11 is 0. The number of aliphatic imine (C=N–C) groups is 1. The molecule has 0 spiro atoms. The van der Waals surface area contributed by atoms with E-state index in [1.54, 1.807) is 6.92 Å². The highest BCUT2D eigenvalue weighted by Crippen LogP contribution is 2.28. The van der Waals surface area contributed by atoms with Gasteiger partial charge in [-0.3, -0.25) is 4.79 Å². The highest BCUT2D eigenvalue weighted by Gasteiger charge is 2.25. The van der Waals surface area contributed by atoms with E-state index in [0.29, 0.717) is 43.8 Å². The molecular weight excluding hydrogens is 486 g/mol. The van der Waals surface area contributed by atoms with Gasteiger partial charge in [0.1, 0.15) is 22.8 Å². The molecule has 0 radical (unpaired) electrons. The first-order chi connectivity index (χ1) is 18.3. The molecule has 1 aliphatic rings. The average molecular weight is 526 g/mol. The Labute approximate surface area is 224 Å². The number of carbonyl (C=O) groups excluding carboxylic acids is 2. The average Bonchev–Trinajstić information content (AvgIpc) is 3.44. The third-order valence-corrected chi connectivity index (χ3v) is 7.22. The van der Waals surface area contributed by atoms with Crippen LogP contribution in [-0.2, 0) is 11.2 Å². The molecule has 1 aromatic heterocycles. The third-order valence-electron chi connectivity index (χ3n) is 7.22. The van der Waals surface area contributed by atoms with Crippen LogP contribution in [0.1, 0.15) is 92.8 Å². The molecule has 1 saturated carbocycles. The van der Waals surface area contributed by atoms with E-state index in [2.05, 4.69) is 9.73 Å². The van der Waals surface area contributed by atoms with Crippen LogP contribution in [0.2, 0.25) is 0 Å². The van der Waals surface area contributed by atoms with Crippen LogP contribution in [0, 0.1) is 11.8 Å². The summed E-state index contributed by atoms with van der Waals surface area (Å²) in [5, 5.41) is 10.5. The van der Waals surface area contributed by atoms with Gasteiger partial charge in [0.2, 0.25) is 0 Å². The number of rotatable bonds is 13. The van der Waals surface area contributed by atoms with Crippen molar-refractivity contribution in [3.63, 3.8) is 0 Å². The van der Waals surface area contributed by atoms with Gasteiger partial charge in [-0.25, -0.2) is 9.59 Å². The molecule has 1 fully saturated rings. The SMILES string of the molecule is COC(=O)N=CCCCC(C)c1cc(O)c(C(=O)C(C)CCc2ccc(OCC3CCCC3)cc2)c(=O)o1. The number of amides is 1. The Balaban J connectivity index is 1.50. The lowest BCUT2D eigenvalue weighted by atomic mass is 9.93. The summed E-state index contributed by atoms with van der Waals surface area (Å²) in [6.07, 6.45) is 9.00. The van der Waals surface area contributed by atoms with Gasteiger partial charge in [0.25, 0.3) is 0 Å². The fraction of sp³-hybridized carbons (Fsp3) is 0.533. The Morgan fingerprint density at radius 3 is 2.53 bits per heavy atom. The van der Waals surface area contributed by atoms with Crippen LogP contribution in [-0.4, -0.2) is 36.9 Å². The van der Waals surface area contributed by atoms with Crippen LogP contribution in [0.5, 0.6) is 11.5 Å². The van der Waals surface area contributed by atoms with E-state index in [1.807, 2.05) is 31.2 Å². The summed E-state index contributed by atoms with van der Waals surface area (Å²) in [5.41, 5.74) is -0.0380. The highest BCUT2D eigenvalue weighted by molar-refractivity contribution is 5.99. The van der Waals surface area contributed by atoms with E-state index in [9.17, 15) is 19.5 Å². The largest absolute Gasteiger partial charge is 0.507 e. The number of ketones is 1. The van der Waals surface area contributed by atoms with Crippen molar-refractivity contribution in [1.29, 1.82) is 0 Å². The number of aryl methyl sites for hydroxylation is 1. The molecule has 0 bridgehead atoms. The summed E-state index contributed by atoms with van der Waals surface area (Å²) < 4.78 is 15.8. The van der Waals surface area contributed by atoms with Crippen LogP contribution in [0.4, 0.5) is 4.79 Å². The van der Waals surface area contributed by atoms with E-state index in [4.69, 9.17) is 9.15 Å². The molecule has 1 amide bonds. The van der Waals surface area contributed by atoms with Crippen LogP contribution in [0.15, 0.2) is 44.5 Å². The molecule has 206 valence electrons. The second kappa shape index (κ2) is 14.5. The smallest absolute Gasteiger partial charge is 0.432 e. The van der Waals surface area contributed by atoms with Crippen LogP contribution in [0.25, 0.3) is 0 Å². The normalized spacial score (nSPS) is 15.4. The number of carbonyl (C=O) groups is 2. The number of ether oxygens (including phenoxy) is 2. The lowest BCUT2D eigenvalue weighted by molar-refractivity contribution is 0.0916. The Bertz CT molecular complexity index is 1150. The molecule has 38 heavy (non-hydrogen) atoms. The Morgan fingerprint density at radius 2 is 1.87 bits per heavy atom. The van der Waals surface area contributed by atoms with E-state index >= 15 is 0 Å². The Kier molecular flexibility index (Phi) is 11.1. The molecule has 1 heterocycles. The van der Waals surface area contributed by atoms with Crippen LogP contribution < -0.4 is 10.4 Å². The first-order valence-corrected chi connectivity index (χ1v) is 13.5. The highest BCUT2D eigenvalue weighted by atomic mass is 16.5. The van der Waals surface area contributed by atoms with Gasteiger partial charge in [-0.2, -0.15) is 4.99 Å². The lowest BCUT2D eigenvalue weighted by Gasteiger charge is -2.14. The predicted octanol–water partition coefficient (Wildman–Crippen LogP) is 6.48. The maximum absolute atomic E-state index is 13.0. The van der Waals surface area contributed by atoms with Crippen molar-refractivity contribution in [2.24, 2.45) is 16.8 Å². The number of hydrogen-bond acceptors (Lipinski definition) is 7. The van der Waals surface area contributed by atoms with Gasteiger partial charge in [0.15, 0.2) is 5.78 Å². The van der Waals surface area contributed by atoms with Gasteiger partial charge in [0.05, 0.1) is 13.7 Å². The fourth-order valence-electron chi connectivity index (χ4n) is 4.72. The number of benzene rings is 1. The maximum atomic E-state index is 13.0. The van der Waals surface area contributed by atoms with E-state index in [1.165, 1.54) is 45.1 Å². The lowest BCUT2D eigenvalue weighted by Crippen LogP contribution is -2.21. The molecule has 2 unspecified atom stereocenters. The molecule has 8 heteroatoms. The number of hydrogen-bond donors (Lipinski definition) is 1. The molecule has 2 aromatic rings. The maximum Gasteiger partial charge on any atom is 0.432 e. The number of unbranched alkanes of at least 4 members (excludes halogenated alkanes) is 1. The molecule has 0 saturated heterocycles. The van der Waals surface area contributed by atoms with Crippen LogP contribution in [0.3, 0.4) is 0 Å². The van der Waals surface area contributed by atoms with Gasteiger partial charge >= 0.3 is 11.7 Å². The first kappa shape index (κ1) is 29.1. The van der Waals surface area contributed by atoms with Crippen molar-refractivity contribution in [3.05, 3.63) is 57.6 Å².